The number of hydrogen-bond donors (Lipinski definition) is 2. The molecule has 0 radical (unpaired) electrons. The second-order valence-electron chi connectivity index (χ2n) is 5.56. The van der Waals surface area contributed by atoms with Crippen molar-refractivity contribution in [2.45, 2.75) is 59.0 Å². The van der Waals surface area contributed by atoms with Gasteiger partial charge in [0, 0.05) is 12.0 Å². The maximum atomic E-state index is 10.3. The highest BCUT2D eigenvalue weighted by molar-refractivity contribution is 5.01. The molecule has 1 fully saturated rings. The van der Waals surface area contributed by atoms with Gasteiger partial charge < -0.3 is 10.8 Å². The molecule has 2 unspecified atom stereocenters. The highest BCUT2D eigenvalue weighted by Gasteiger charge is 2.50. The van der Waals surface area contributed by atoms with Gasteiger partial charge >= 0.3 is 0 Å². The minimum absolute atomic E-state index is 0.0134. The van der Waals surface area contributed by atoms with Crippen LogP contribution in [0.15, 0.2) is 0 Å². The lowest BCUT2D eigenvalue weighted by molar-refractivity contribution is -0.0101. The van der Waals surface area contributed by atoms with E-state index in [0.29, 0.717) is 6.54 Å². The molecule has 84 valence electrons. The van der Waals surface area contributed by atoms with Gasteiger partial charge in [0.25, 0.3) is 0 Å². The van der Waals surface area contributed by atoms with Gasteiger partial charge in [0.1, 0.15) is 0 Å². The summed E-state index contributed by atoms with van der Waals surface area (Å²) in [7, 11) is 0. The molecule has 0 spiro atoms. The topological polar surface area (TPSA) is 46.2 Å². The summed E-state index contributed by atoms with van der Waals surface area (Å²) < 4.78 is 0. The number of nitrogens with two attached hydrogens (primary N) is 1. The van der Waals surface area contributed by atoms with E-state index in [0.717, 1.165) is 19.3 Å². The van der Waals surface area contributed by atoms with Gasteiger partial charge in [0.15, 0.2) is 0 Å². The van der Waals surface area contributed by atoms with Crippen molar-refractivity contribution < 1.29 is 5.11 Å². The van der Waals surface area contributed by atoms with Crippen molar-refractivity contribution in [2.24, 2.45) is 16.6 Å². The standard InChI is InChI=1S/C12H25NO/c1-4-5-6-12(9-13)8-7-11(2,3)10(12)14/h10,14H,4-9,13H2,1-3H3. The summed E-state index contributed by atoms with van der Waals surface area (Å²) in [6.45, 7) is 7.14. The van der Waals surface area contributed by atoms with Crippen LogP contribution in [0.2, 0.25) is 0 Å². The van der Waals surface area contributed by atoms with Crippen molar-refractivity contribution in [3.8, 4) is 0 Å². The smallest absolute Gasteiger partial charge is 0.0659 e. The van der Waals surface area contributed by atoms with Gasteiger partial charge in [-0.15, -0.1) is 0 Å². The van der Waals surface area contributed by atoms with Crippen LogP contribution in [-0.4, -0.2) is 17.8 Å². The van der Waals surface area contributed by atoms with Crippen molar-refractivity contribution in [2.75, 3.05) is 6.54 Å². The summed E-state index contributed by atoms with van der Waals surface area (Å²) in [5.74, 6) is 0. The van der Waals surface area contributed by atoms with Gasteiger partial charge in [-0.05, 0) is 24.7 Å². The highest BCUT2D eigenvalue weighted by Crippen LogP contribution is 2.51. The van der Waals surface area contributed by atoms with Crippen LogP contribution in [0.1, 0.15) is 52.9 Å². The van der Waals surface area contributed by atoms with E-state index >= 15 is 0 Å². The molecule has 1 aliphatic carbocycles. The summed E-state index contributed by atoms with van der Waals surface area (Å²) in [6.07, 6.45) is 5.45. The van der Waals surface area contributed by atoms with Gasteiger partial charge in [-0.1, -0.05) is 33.6 Å². The molecule has 0 aromatic heterocycles. The van der Waals surface area contributed by atoms with E-state index in [4.69, 9.17) is 5.73 Å². The van der Waals surface area contributed by atoms with Crippen LogP contribution in [0, 0.1) is 10.8 Å². The molecule has 0 heterocycles. The molecule has 1 rings (SSSR count). The number of hydrogen-bond acceptors (Lipinski definition) is 2. The number of rotatable bonds is 4. The molecule has 0 aromatic rings. The summed E-state index contributed by atoms with van der Waals surface area (Å²) in [4.78, 5) is 0. The second-order valence-corrected chi connectivity index (χ2v) is 5.56. The highest BCUT2D eigenvalue weighted by atomic mass is 16.3. The Bertz CT molecular complexity index is 191. The van der Waals surface area contributed by atoms with Crippen LogP contribution in [-0.2, 0) is 0 Å². The van der Waals surface area contributed by atoms with E-state index in [1.54, 1.807) is 0 Å². The van der Waals surface area contributed by atoms with Crippen molar-refractivity contribution in [3.05, 3.63) is 0 Å². The van der Waals surface area contributed by atoms with E-state index in [-0.39, 0.29) is 16.9 Å². The first-order valence-corrected chi connectivity index (χ1v) is 5.87. The van der Waals surface area contributed by atoms with Crippen molar-refractivity contribution in [3.63, 3.8) is 0 Å². The molecule has 0 saturated heterocycles. The Morgan fingerprint density at radius 1 is 1.36 bits per heavy atom. The fourth-order valence-corrected chi connectivity index (χ4v) is 2.78. The van der Waals surface area contributed by atoms with E-state index in [2.05, 4.69) is 20.8 Å². The average Bonchev–Trinajstić information content (AvgIpc) is 2.39. The summed E-state index contributed by atoms with van der Waals surface area (Å²) in [5.41, 5.74) is 5.94. The lowest BCUT2D eigenvalue weighted by Gasteiger charge is -2.36. The quantitative estimate of drug-likeness (QED) is 0.730. The third-order valence-corrected chi connectivity index (χ3v) is 4.02. The van der Waals surface area contributed by atoms with Gasteiger partial charge in [-0.25, -0.2) is 0 Å². The zero-order valence-electron chi connectivity index (χ0n) is 9.84. The summed E-state index contributed by atoms with van der Waals surface area (Å²) >= 11 is 0. The molecule has 0 bridgehead atoms. The Labute approximate surface area is 87.9 Å². The van der Waals surface area contributed by atoms with E-state index in [1.165, 1.54) is 12.8 Å². The van der Waals surface area contributed by atoms with Crippen LogP contribution < -0.4 is 5.73 Å². The largest absolute Gasteiger partial charge is 0.392 e. The van der Waals surface area contributed by atoms with Gasteiger partial charge in [0.05, 0.1) is 6.10 Å². The molecule has 2 heteroatoms. The van der Waals surface area contributed by atoms with Crippen LogP contribution in [0.25, 0.3) is 0 Å². The molecule has 0 aromatic carbocycles. The molecule has 1 aliphatic rings. The Morgan fingerprint density at radius 3 is 2.36 bits per heavy atom. The molecule has 3 N–H and O–H groups in total. The van der Waals surface area contributed by atoms with Crippen molar-refractivity contribution in [1.29, 1.82) is 0 Å². The van der Waals surface area contributed by atoms with E-state index in [1.807, 2.05) is 0 Å². The Balaban J connectivity index is 2.71. The molecule has 2 atom stereocenters. The molecule has 0 aliphatic heterocycles. The first-order chi connectivity index (χ1) is 6.48. The molecular formula is C12H25NO. The predicted octanol–water partition coefficient (Wildman–Crippen LogP) is 2.30. The third kappa shape index (κ3) is 1.96. The maximum absolute atomic E-state index is 10.3. The average molecular weight is 199 g/mol. The Hall–Kier alpha value is -0.0800. The van der Waals surface area contributed by atoms with Crippen LogP contribution in [0.5, 0.6) is 0 Å². The maximum Gasteiger partial charge on any atom is 0.0659 e. The molecule has 2 nitrogen and oxygen atoms in total. The van der Waals surface area contributed by atoms with Crippen molar-refractivity contribution >= 4 is 0 Å². The molecule has 1 saturated carbocycles. The molecule has 14 heavy (non-hydrogen) atoms. The minimum Gasteiger partial charge on any atom is -0.392 e. The van der Waals surface area contributed by atoms with Gasteiger partial charge in [-0.2, -0.15) is 0 Å². The van der Waals surface area contributed by atoms with Gasteiger partial charge in [0.2, 0.25) is 0 Å². The fourth-order valence-electron chi connectivity index (χ4n) is 2.78. The zero-order valence-corrected chi connectivity index (χ0v) is 9.84. The number of aliphatic hydroxyl groups excluding tert-OH is 1. The predicted molar refractivity (Wildman–Crippen MR) is 60.0 cm³/mol. The van der Waals surface area contributed by atoms with Crippen LogP contribution in [0.4, 0.5) is 0 Å². The Kier molecular flexibility index (Phi) is 3.59. The lowest BCUT2D eigenvalue weighted by Crippen LogP contribution is -2.42. The molecule has 0 amide bonds. The third-order valence-electron chi connectivity index (χ3n) is 4.02. The van der Waals surface area contributed by atoms with E-state index in [9.17, 15) is 5.11 Å². The zero-order chi connectivity index (χ0) is 10.8. The number of unbranched alkanes of at least 4 members (excludes halogenated alkanes) is 1. The SMILES string of the molecule is CCCCC1(CN)CCC(C)(C)C1O. The van der Waals surface area contributed by atoms with Gasteiger partial charge in [-0.3, -0.25) is 0 Å². The second kappa shape index (κ2) is 4.19. The summed E-state index contributed by atoms with van der Waals surface area (Å²) in [5, 5.41) is 10.3. The Morgan fingerprint density at radius 2 is 2.00 bits per heavy atom. The summed E-state index contributed by atoms with van der Waals surface area (Å²) in [6, 6.07) is 0. The number of aliphatic hydroxyl groups is 1. The van der Waals surface area contributed by atoms with E-state index < -0.39 is 0 Å². The first-order valence-electron chi connectivity index (χ1n) is 5.87. The monoisotopic (exact) mass is 199 g/mol. The lowest BCUT2D eigenvalue weighted by atomic mass is 9.75. The normalized spacial score (nSPS) is 36.2. The van der Waals surface area contributed by atoms with Crippen molar-refractivity contribution in [1.82, 2.24) is 0 Å². The molecular weight excluding hydrogens is 174 g/mol. The first kappa shape index (κ1) is 12.0. The van der Waals surface area contributed by atoms with Crippen LogP contribution >= 0.6 is 0 Å². The fraction of sp³-hybridized carbons (Fsp3) is 1.00. The van der Waals surface area contributed by atoms with Crippen LogP contribution in [0.3, 0.4) is 0 Å². The minimum atomic E-state index is -0.216.